The molecular weight excluding hydrogens is 210 g/mol. The average molecular weight is 227 g/mol. The SMILES string of the molecule is CC1(C)C(O)CC1NC(=O)C1=COCCO1. The highest BCUT2D eigenvalue weighted by atomic mass is 16.6. The Bertz CT molecular complexity index is 324. The molecule has 5 heteroatoms. The maximum Gasteiger partial charge on any atom is 0.289 e. The van der Waals surface area contributed by atoms with E-state index in [-0.39, 0.29) is 29.2 Å². The van der Waals surface area contributed by atoms with Crippen LogP contribution in [0.2, 0.25) is 0 Å². The first-order valence-electron chi connectivity index (χ1n) is 5.45. The molecule has 0 radical (unpaired) electrons. The molecule has 1 aliphatic heterocycles. The van der Waals surface area contributed by atoms with Crippen molar-refractivity contribution in [3.8, 4) is 0 Å². The van der Waals surface area contributed by atoms with Gasteiger partial charge in [-0.05, 0) is 6.42 Å². The van der Waals surface area contributed by atoms with E-state index in [1.165, 1.54) is 6.26 Å². The average Bonchev–Trinajstić information content (AvgIpc) is 2.29. The summed E-state index contributed by atoms with van der Waals surface area (Å²) in [5.74, 6) is -0.0619. The van der Waals surface area contributed by atoms with Crippen molar-refractivity contribution in [1.82, 2.24) is 5.32 Å². The van der Waals surface area contributed by atoms with Crippen molar-refractivity contribution in [3.63, 3.8) is 0 Å². The van der Waals surface area contributed by atoms with Gasteiger partial charge in [-0.1, -0.05) is 13.8 Å². The fourth-order valence-electron chi connectivity index (χ4n) is 1.86. The summed E-state index contributed by atoms with van der Waals surface area (Å²) in [6.45, 7) is 4.73. The van der Waals surface area contributed by atoms with Crippen LogP contribution in [0.5, 0.6) is 0 Å². The largest absolute Gasteiger partial charge is 0.494 e. The second kappa shape index (κ2) is 3.97. The van der Waals surface area contributed by atoms with E-state index in [4.69, 9.17) is 9.47 Å². The van der Waals surface area contributed by atoms with Gasteiger partial charge < -0.3 is 19.9 Å². The number of aliphatic hydroxyl groups excluding tert-OH is 1. The van der Waals surface area contributed by atoms with Gasteiger partial charge >= 0.3 is 0 Å². The number of aliphatic hydroxyl groups is 1. The Morgan fingerprint density at radius 3 is 2.81 bits per heavy atom. The van der Waals surface area contributed by atoms with Crippen molar-refractivity contribution >= 4 is 5.91 Å². The molecule has 1 saturated carbocycles. The minimum atomic E-state index is -0.352. The van der Waals surface area contributed by atoms with Gasteiger partial charge in [0.2, 0.25) is 5.76 Å². The van der Waals surface area contributed by atoms with Crippen molar-refractivity contribution in [1.29, 1.82) is 0 Å². The first kappa shape index (κ1) is 11.3. The zero-order valence-corrected chi connectivity index (χ0v) is 9.53. The van der Waals surface area contributed by atoms with Gasteiger partial charge in [-0.25, -0.2) is 0 Å². The lowest BCUT2D eigenvalue weighted by Crippen LogP contribution is -2.61. The van der Waals surface area contributed by atoms with Gasteiger partial charge in [0, 0.05) is 11.5 Å². The van der Waals surface area contributed by atoms with Gasteiger partial charge in [-0.3, -0.25) is 4.79 Å². The lowest BCUT2D eigenvalue weighted by Gasteiger charge is -2.49. The van der Waals surface area contributed by atoms with Crippen molar-refractivity contribution in [2.24, 2.45) is 5.41 Å². The third-order valence-corrected chi connectivity index (χ3v) is 3.39. The molecule has 0 aromatic carbocycles. The molecule has 1 amide bonds. The van der Waals surface area contributed by atoms with Crippen molar-refractivity contribution < 1.29 is 19.4 Å². The minimum absolute atomic E-state index is 0.0126. The summed E-state index contributed by atoms with van der Waals surface area (Å²) in [6, 6.07) is -0.0126. The summed E-state index contributed by atoms with van der Waals surface area (Å²) in [7, 11) is 0. The summed E-state index contributed by atoms with van der Waals surface area (Å²) >= 11 is 0. The molecule has 0 bridgehead atoms. The van der Waals surface area contributed by atoms with Crippen LogP contribution in [0.4, 0.5) is 0 Å². The molecular formula is C11H17NO4. The van der Waals surface area contributed by atoms with Crippen LogP contribution in [-0.4, -0.2) is 36.4 Å². The van der Waals surface area contributed by atoms with E-state index in [2.05, 4.69) is 5.32 Å². The maximum atomic E-state index is 11.7. The lowest BCUT2D eigenvalue weighted by atomic mass is 9.64. The summed E-state index contributed by atoms with van der Waals surface area (Å²) in [5, 5.41) is 12.4. The van der Waals surface area contributed by atoms with Crippen LogP contribution >= 0.6 is 0 Å². The second-order valence-electron chi connectivity index (χ2n) is 4.80. The smallest absolute Gasteiger partial charge is 0.289 e. The maximum absolute atomic E-state index is 11.7. The molecule has 0 aromatic rings. The number of carbonyl (C=O) groups is 1. The molecule has 0 saturated heterocycles. The number of rotatable bonds is 2. The highest BCUT2D eigenvalue weighted by Crippen LogP contribution is 2.40. The predicted octanol–water partition coefficient (Wildman–Crippen LogP) is 0.150. The van der Waals surface area contributed by atoms with E-state index in [0.717, 1.165) is 0 Å². The Morgan fingerprint density at radius 1 is 1.56 bits per heavy atom. The number of nitrogens with one attached hydrogen (secondary N) is 1. The fourth-order valence-corrected chi connectivity index (χ4v) is 1.86. The third kappa shape index (κ3) is 1.87. The van der Waals surface area contributed by atoms with Gasteiger partial charge in [0.1, 0.15) is 19.5 Å². The molecule has 16 heavy (non-hydrogen) atoms. The van der Waals surface area contributed by atoms with E-state index in [9.17, 15) is 9.90 Å². The highest BCUT2D eigenvalue weighted by molar-refractivity contribution is 5.91. The fraction of sp³-hybridized carbons (Fsp3) is 0.727. The van der Waals surface area contributed by atoms with E-state index >= 15 is 0 Å². The third-order valence-electron chi connectivity index (χ3n) is 3.39. The van der Waals surface area contributed by atoms with Gasteiger partial charge in [-0.2, -0.15) is 0 Å². The molecule has 2 atom stereocenters. The molecule has 0 spiro atoms. The van der Waals surface area contributed by atoms with Crippen LogP contribution < -0.4 is 5.32 Å². The van der Waals surface area contributed by atoms with Crippen LogP contribution in [0.25, 0.3) is 0 Å². The summed E-state index contributed by atoms with van der Waals surface area (Å²) in [5.41, 5.74) is -0.272. The Balaban J connectivity index is 1.91. The number of carbonyl (C=O) groups excluding carboxylic acids is 1. The van der Waals surface area contributed by atoms with Crippen LogP contribution in [0.15, 0.2) is 12.0 Å². The van der Waals surface area contributed by atoms with Gasteiger partial charge in [-0.15, -0.1) is 0 Å². The second-order valence-corrected chi connectivity index (χ2v) is 4.80. The molecule has 1 heterocycles. The molecule has 2 aliphatic rings. The molecule has 1 aliphatic carbocycles. The number of hydrogen-bond donors (Lipinski definition) is 2. The zero-order chi connectivity index (χ0) is 11.8. The summed E-state index contributed by atoms with van der Waals surface area (Å²) in [6.07, 6.45) is 1.57. The number of hydrogen-bond acceptors (Lipinski definition) is 4. The zero-order valence-electron chi connectivity index (χ0n) is 9.53. The van der Waals surface area contributed by atoms with Crippen molar-refractivity contribution in [3.05, 3.63) is 12.0 Å². The van der Waals surface area contributed by atoms with Crippen LogP contribution in [0.3, 0.4) is 0 Å². The molecule has 90 valence electrons. The molecule has 5 nitrogen and oxygen atoms in total. The Hall–Kier alpha value is -1.23. The number of amides is 1. The van der Waals surface area contributed by atoms with Gasteiger partial charge in [0.05, 0.1) is 6.10 Å². The van der Waals surface area contributed by atoms with Gasteiger partial charge in [0.25, 0.3) is 5.91 Å². The quantitative estimate of drug-likeness (QED) is 0.704. The van der Waals surface area contributed by atoms with Crippen molar-refractivity contribution in [2.75, 3.05) is 13.2 Å². The first-order chi connectivity index (χ1) is 7.51. The Morgan fingerprint density at radius 2 is 2.31 bits per heavy atom. The number of ether oxygens (including phenoxy) is 2. The van der Waals surface area contributed by atoms with Crippen molar-refractivity contribution in [2.45, 2.75) is 32.4 Å². The van der Waals surface area contributed by atoms with E-state index < -0.39 is 0 Å². The Kier molecular flexibility index (Phi) is 2.80. The van der Waals surface area contributed by atoms with E-state index in [1.54, 1.807) is 0 Å². The van der Waals surface area contributed by atoms with E-state index in [0.29, 0.717) is 19.6 Å². The van der Waals surface area contributed by atoms with Gasteiger partial charge in [0.15, 0.2) is 0 Å². The molecule has 1 fully saturated rings. The Labute approximate surface area is 94.4 Å². The highest BCUT2D eigenvalue weighted by Gasteiger charge is 2.48. The lowest BCUT2D eigenvalue weighted by molar-refractivity contribution is -0.130. The molecule has 0 aromatic heterocycles. The van der Waals surface area contributed by atoms with Crippen LogP contribution in [0.1, 0.15) is 20.3 Å². The molecule has 2 rings (SSSR count). The van der Waals surface area contributed by atoms with Crippen LogP contribution in [-0.2, 0) is 14.3 Å². The normalized spacial score (nSPS) is 31.6. The molecule has 2 unspecified atom stereocenters. The first-order valence-corrected chi connectivity index (χ1v) is 5.45. The predicted molar refractivity (Wildman–Crippen MR) is 56.3 cm³/mol. The summed E-state index contributed by atoms with van der Waals surface area (Å²) < 4.78 is 10.2. The van der Waals surface area contributed by atoms with E-state index in [1.807, 2.05) is 13.8 Å². The molecule has 2 N–H and O–H groups in total. The minimum Gasteiger partial charge on any atom is -0.494 e. The monoisotopic (exact) mass is 227 g/mol. The standard InChI is InChI=1S/C11H17NO4/c1-11(2)8(5-9(11)13)12-10(14)7-6-15-3-4-16-7/h6,8-9,13H,3-5H2,1-2H3,(H,12,14). The summed E-state index contributed by atoms with van der Waals surface area (Å²) in [4.78, 5) is 11.7. The topological polar surface area (TPSA) is 67.8 Å². The van der Waals surface area contributed by atoms with Crippen LogP contribution in [0, 0.1) is 5.41 Å².